The molecule has 10 nitrogen and oxygen atoms in total. The smallest absolute Gasteiger partial charge is 0.274 e. The third-order valence-electron chi connectivity index (χ3n) is 9.59. The van der Waals surface area contributed by atoms with Gasteiger partial charge >= 0.3 is 0 Å². The molecule has 2 amide bonds. The van der Waals surface area contributed by atoms with Gasteiger partial charge in [-0.05, 0) is 104 Å². The Morgan fingerprint density at radius 2 is 1.76 bits per heavy atom. The van der Waals surface area contributed by atoms with Crippen LogP contribution in [-0.2, 0) is 16.0 Å². The van der Waals surface area contributed by atoms with E-state index >= 15 is 0 Å². The van der Waals surface area contributed by atoms with Crippen molar-refractivity contribution in [2.24, 2.45) is 17.6 Å². The van der Waals surface area contributed by atoms with Gasteiger partial charge in [0.05, 0.1) is 16.6 Å². The first kappa shape index (κ1) is 29.9. The molecule has 11 heteroatoms. The average molecular weight is 624 g/mol. The summed E-state index contributed by atoms with van der Waals surface area (Å²) in [5.74, 6) is 0.429. The number of rotatable bonds is 9. The third-order valence-corrected chi connectivity index (χ3v) is 9.59. The molecule has 2 aliphatic rings. The Balaban J connectivity index is 1.11. The van der Waals surface area contributed by atoms with E-state index in [2.05, 4.69) is 44.9 Å². The van der Waals surface area contributed by atoms with Crippen molar-refractivity contribution in [2.75, 3.05) is 11.9 Å². The number of nitrogens with one attached hydrogen (secondary N) is 5. The van der Waals surface area contributed by atoms with Gasteiger partial charge in [0.2, 0.25) is 11.8 Å². The van der Waals surface area contributed by atoms with Gasteiger partial charge in [-0.3, -0.25) is 24.6 Å². The number of benzene rings is 3. The van der Waals surface area contributed by atoms with Crippen LogP contribution in [-0.4, -0.2) is 44.6 Å². The van der Waals surface area contributed by atoms with Crippen LogP contribution in [0.3, 0.4) is 0 Å². The maximum absolute atomic E-state index is 14.7. The molecule has 2 aliphatic carbocycles. The van der Waals surface area contributed by atoms with Crippen molar-refractivity contribution in [1.29, 1.82) is 0 Å². The van der Waals surface area contributed by atoms with Crippen LogP contribution in [0.4, 0.5) is 10.1 Å². The molecule has 3 aromatic carbocycles. The molecule has 0 spiro atoms. The van der Waals surface area contributed by atoms with E-state index in [1.807, 2.05) is 24.3 Å². The second-order valence-electron chi connectivity index (χ2n) is 12.9. The fourth-order valence-electron chi connectivity index (χ4n) is 6.69. The molecule has 2 aromatic heterocycles. The number of hydrogen-bond donors (Lipinski definition) is 6. The molecule has 0 bridgehead atoms. The van der Waals surface area contributed by atoms with Crippen molar-refractivity contribution >= 4 is 39.4 Å². The summed E-state index contributed by atoms with van der Waals surface area (Å²) in [5.41, 5.74) is 11.8. The lowest BCUT2D eigenvalue weighted by Crippen LogP contribution is -2.48. The molecule has 7 N–H and O–H groups in total. The highest BCUT2D eigenvalue weighted by molar-refractivity contribution is 5.99. The molecule has 0 saturated heterocycles. The first-order valence-corrected chi connectivity index (χ1v) is 16.1. The van der Waals surface area contributed by atoms with E-state index in [4.69, 9.17) is 10.7 Å². The van der Waals surface area contributed by atoms with E-state index in [1.165, 1.54) is 18.9 Å². The standard InChI is InChI=1S/C35H38FN7O3/c1-18-12-27-28(40-32(39-27)22-10-11-22)16-25(18)21-6-2-19(3-7-21)13-30(41-33(44)23-8-4-20(17-37)5-9-23)34(45)38-24-14-26(36)31-29(15-24)42-43-35(31)46/h2-3,6-7,12,14-16,20,22-23,30H,4-5,8-11,13,17,37H2,1H3,(H,38,45)(H,39,40)(H,41,44)(H2,42,43,46)/t20?,23?,30-/m0/s1. The summed E-state index contributed by atoms with van der Waals surface area (Å²) in [5, 5.41) is 10.6. The number of imidazole rings is 1. The number of fused-ring (bicyclic) bond motifs is 2. The van der Waals surface area contributed by atoms with Crippen LogP contribution in [0.15, 0.2) is 53.3 Å². The van der Waals surface area contributed by atoms with Crippen LogP contribution in [0.5, 0.6) is 0 Å². The summed E-state index contributed by atoms with van der Waals surface area (Å²) in [6.45, 7) is 2.69. The van der Waals surface area contributed by atoms with Gasteiger partial charge in [-0.25, -0.2) is 9.37 Å². The maximum Gasteiger partial charge on any atom is 0.274 e. The van der Waals surface area contributed by atoms with E-state index in [1.54, 1.807) is 0 Å². The summed E-state index contributed by atoms with van der Waals surface area (Å²) >= 11 is 0. The highest BCUT2D eigenvalue weighted by Gasteiger charge is 2.30. The number of carbonyl (C=O) groups excluding carboxylic acids is 2. The lowest BCUT2D eigenvalue weighted by Gasteiger charge is -2.28. The minimum absolute atomic E-state index is 0.110. The zero-order valence-corrected chi connectivity index (χ0v) is 25.7. The van der Waals surface area contributed by atoms with E-state index < -0.39 is 23.3 Å². The number of aromatic amines is 3. The Kier molecular flexibility index (Phi) is 7.94. The van der Waals surface area contributed by atoms with Crippen molar-refractivity contribution in [1.82, 2.24) is 25.5 Å². The van der Waals surface area contributed by atoms with Crippen molar-refractivity contribution in [3.63, 3.8) is 0 Å². The Labute approximate surface area is 264 Å². The predicted molar refractivity (Wildman–Crippen MR) is 176 cm³/mol. The quantitative estimate of drug-likeness (QED) is 0.134. The number of amides is 2. The Morgan fingerprint density at radius 1 is 1.00 bits per heavy atom. The van der Waals surface area contributed by atoms with Gasteiger partial charge in [-0.2, -0.15) is 0 Å². The van der Waals surface area contributed by atoms with Gasteiger partial charge < -0.3 is 21.4 Å². The second kappa shape index (κ2) is 12.2. The molecule has 2 saturated carbocycles. The molecule has 7 rings (SSSR count). The summed E-state index contributed by atoms with van der Waals surface area (Å²) in [6.07, 6.45) is 5.81. The number of aromatic nitrogens is 4. The molecule has 46 heavy (non-hydrogen) atoms. The number of H-pyrrole nitrogens is 3. The van der Waals surface area contributed by atoms with Crippen LogP contribution in [0.25, 0.3) is 33.1 Å². The summed E-state index contributed by atoms with van der Waals surface area (Å²) in [6, 6.07) is 13.9. The normalized spacial score (nSPS) is 18.9. The minimum Gasteiger partial charge on any atom is -0.344 e. The zero-order valence-electron chi connectivity index (χ0n) is 25.7. The SMILES string of the molecule is Cc1cc2[nH]c(C3CC3)nc2cc1-c1ccc(C[C@H](NC(=O)C2CCC(CN)CC2)C(=O)Nc2cc(F)c3c(=O)[nH][nH]c3c2)cc1. The van der Waals surface area contributed by atoms with Crippen LogP contribution in [0, 0.1) is 24.6 Å². The summed E-state index contributed by atoms with van der Waals surface area (Å²) < 4.78 is 14.7. The number of carbonyl (C=O) groups is 2. The predicted octanol–water partition coefficient (Wildman–Crippen LogP) is 5.16. The highest BCUT2D eigenvalue weighted by atomic mass is 19.1. The van der Waals surface area contributed by atoms with Gasteiger partial charge in [-0.1, -0.05) is 24.3 Å². The molecule has 5 aromatic rings. The zero-order chi connectivity index (χ0) is 31.9. The fraction of sp³-hybridized carbons (Fsp3) is 0.371. The number of anilines is 1. The molecule has 0 unspecified atom stereocenters. The van der Waals surface area contributed by atoms with Crippen molar-refractivity contribution in [2.45, 2.75) is 63.8 Å². The number of nitrogens with two attached hydrogens (primary N) is 1. The molecule has 0 aliphatic heterocycles. The largest absolute Gasteiger partial charge is 0.344 e. The fourth-order valence-corrected chi connectivity index (χ4v) is 6.69. The van der Waals surface area contributed by atoms with Crippen molar-refractivity contribution in [3.05, 3.63) is 81.7 Å². The Bertz CT molecular complexity index is 1980. The van der Waals surface area contributed by atoms with Gasteiger partial charge in [0, 0.05) is 23.9 Å². The third kappa shape index (κ3) is 6.06. The summed E-state index contributed by atoms with van der Waals surface area (Å²) in [4.78, 5) is 47.2. The van der Waals surface area contributed by atoms with Crippen LogP contribution in [0.1, 0.15) is 61.4 Å². The lowest BCUT2D eigenvalue weighted by atomic mass is 9.81. The van der Waals surface area contributed by atoms with Gasteiger partial charge in [0.15, 0.2) is 0 Å². The molecular formula is C35H38FN7O3. The first-order valence-electron chi connectivity index (χ1n) is 16.1. The van der Waals surface area contributed by atoms with E-state index in [-0.39, 0.29) is 34.8 Å². The van der Waals surface area contributed by atoms with Gasteiger partial charge in [0.1, 0.15) is 23.1 Å². The molecule has 238 valence electrons. The molecule has 1 atom stereocenters. The van der Waals surface area contributed by atoms with Gasteiger partial charge in [0.25, 0.3) is 5.56 Å². The molecular weight excluding hydrogens is 585 g/mol. The Hall–Kier alpha value is -4.77. The van der Waals surface area contributed by atoms with Crippen molar-refractivity contribution in [3.8, 4) is 11.1 Å². The topological polar surface area (TPSA) is 162 Å². The number of nitrogens with zero attached hydrogens (tertiary/aromatic N) is 1. The van der Waals surface area contributed by atoms with Crippen LogP contribution in [0.2, 0.25) is 0 Å². The average Bonchev–Trinajstić information content (AvgIpc) is 3.72. The minimum atomic E-state index is -0.905. The lowest BCUT2D eigenvalue weighted by molar-refractivity contribution is -0.130. The Morgan fingerprint density at radius 3 is 2.48 bits per heavy atom. The van der Waals surface area contributed by atoms with Crippen LogP contribution >= 0.6 is 0 Å². The molecule has 0 radical (unpaired) electrons. The van der Waals surface area contributed by atoms with Crippen molar-refractivity contribution < 1.29 is 14.0 Å². The van der Waals surface area contributed by atoms with Crippen LogP contribution < -0.4 is 21.9 Å². The molecule has 2 heterocycles. The second-order valence-corrected chi connectivity index (χ2v) is 12.9. The highest BCUT2D eigenvalue weighted by Crippen LogP contribution is 2.39. The molecule has 2 fully saturated rings. The number of aryl methyl sites for hydroxylation is 1. The van der Waals surface area contributed by atoms with E-state index in [9.17, 15) is 18.8 Å². The number of hydrogen-bond acceptors (Lipinski definition) is 5. The monoisotopic (exact) mass is 623 g/mol. The maximum atomic E-state index is 14.7. The van der Waals surface area contributed by atoms with E-state index in [0.29, 0.717) is 18.4 Å². The number of halogens is 1. The van der Waals surface area contributed by atoms with Gasteiger partial charge in [-0.15, -0.1) is 0 Å². The first-order chi connectivity index (χ1) is 22.2. The van der Waals surface area contributed by atoms with E-state index in [0.717, 1.165) is 70.9 Å². The summed E-state index contributed by atoms with van der Waals surface area (Å²) in [7, 11) is 0.